The highest BCUT2D eigenvalue weighted by atomic mass is 16.3. The maximum absolute atomic E-state index is 10.7. The maximum atomic E-state index is 10.7. The van der Waals surface area contributed by atoms with E-state index in [0.29, 0.717) is 5.57 Å². The molecule has 0 spiro atoms. The molecule has 0 fully saturated rings. The molecule has 0 aromatic rings. The van der Waals surface area contributed by atoms with Crippen molar-refractivity contribution in [3.63, 3.8) is 0 Å². The Kier molecular flexibility index (Phi) is 4.11. The van der Waals surface area contributed by atoms with Crippen LogP contribution < -0.4 is 5.32 Å². The van der Waals surface area contributed by atoms with Gasteiger partial charge in [-0.3, -0.25) is 4.79 Å². The lowest BCUT2D eigenvalue weighted by molar-refractivity contribution is -0.117. The van der Waals surface area contributed by atoms with Gasteiger partial charge in [-0.1, -0.05) is 11.8 Å². The molecule has 4 nitrogen and oxygen atoms in total. The average Bonchev–Trinajstić information content (AvgIpc) is 1.88. The van der Waals surface area contributed by atoms with E-state index in [-0.39, 0.29) is 19.0 Å². The third-order valence-corrected chi connectivity index (χ3v) is 0.876. The van der Waals surface area contributed by atoms with Gasteiger partial charge in [-0.15, -0.1) is 0 Å². The molecule has 0 aliphatic carbocycles. The minimum atomic E-state index is -0.233. The smallest absolute Gasteiger partial charge is 0.246 e. The normalized spacial score (nSPS) is 8.50. The van der Waals surface area contributed by atoms with Crippen LogP contribution in [-0.4, -0.2) is 19.0 Å². The molecule has 0 aromatic heterocycles. The van der Waals surface area contributed by atoms with Crippen molar-refractivity contribution in [1.29, 1.82) is 0 Å². The molecular formula is C6H10N2O2. The van der Waals surface area contributed by atoms with Gasteiger partial charge in [-0.25, -0.2) is 0 Å². The highest BCUT2D eigenvalue weighted by molar-refractivity contribution is 5.92. The third kappa shape index (κ3) is 3.77. The third-order valence-electron chi connectivity index (χ3n) is 0.876. The first-order chi connectivity index (χ1) is 4.68. The van der Waals surface area contributed by atoms with Gasteiger partial charge >= 0.3 is 0 Å². The molecule has 10 heavy (non-hydrogen) atoms. The van der Waals surface area contributed by atoms with E-state index in [1.54, 1.807) is 6.92 Å². The molecule has 1 amide bonds. The van der Waals surface area contributed by atoms with Gasteiger partial charge in [0.1, 0.15) is 0 Å². The summed E-state index contributed by atoms with van der Waals surface area (Å²) in [7, 11) is 0. The van der Waals surface area contributed by atoms with Crippen molar-refractivity contribution >= 4 is 5.91 Å². The fourth-order valence-corrected chi connectivity index (χ4v) is 0.366. The standard InChI is InChI=1S/C6H10N2O2/c1-5(2)6(9)7-3-4-8-10/h1,3-4H2,2H3,(H,7,9). The lowest BCUT2D eigenvalue weighted by atomic mass is 10.3. The summed E-state index contributed by atoms with van der Waals surface area (Å²) in [6.45, 7) is 5.41. The van der Waals surface area contributed by atoms with Crippen LogP contribution in [0.3, 0.4) is 0 Å². The Hall–Kier alpha value is -1.19. The Morgan fingerprint density at radius 2 is 2.30 bits per heavy atom. The van der Waals surface area contributed by atoms with Crippen LogP contribution >= 0.6 is 0 Å². The van der Waals surface area contributed by atoms with Crippen LogP contribution in [0, 0.1) is 4.91 Å². The molecule has 0 saturated carbocycles. The summed E-state index contributed by atoms with van der Waals surface area (Å²) < 4.78 is 0. The first-order valence-electron chi connectivity index (χ1n) is 2.91. The van der Waals surface area contributed by atoms with Crippen LogP contribution in [0.25, 0.3) is 0 Å². The second-order valence-electron chi connectivity index (χ2n) is 1.89. The van der Waals surface area contributed by atoms with Crippen LogP contribution in [0.15, 0.2) is 17.3 Å². The van der Waals surface area contributed by atoms with Gasteiger partial charge < -0.3 is 5.32 Å². The van der Waals surface area contributed by atoms with E-state index >= 15 is 0 Å². The van der Waals surface area contributed by atoms with E-state index in [0.717, 1.165) is 0 Å². The summed E-state index contributed by atoms with van der Waals surface area (Å²) in [6, 6.07) is 0. The summed E-state index contributed by atoms with van der Waals surface area (Å²) >= 11 is 0. The second-order valence-corrected chi connectivity index (χ2v) is 1.89. The topological polar surface area (TPSA) is 58.5 Å². The SMILES string of the molecule is C=C(C)C(=O)NCCN=O. The highest BCUT2D eigenvalue weighted by Gasteiger charge is 1.97. The number of carbonyl (C=O) groups is 1. The molecule has 0 bridgehead atoms. The van der Waals surface area contributed by atoms with Crippen molar-refractivity contribution in [2.24, 2.45) is 5.18 Å². The second kappa shape index (κ2) is 4.67. The van der Waals surface area contributed by atoms with E-state index in [1.165, 1.54) is 0 Å². The largest absolute Gasteiger partial charge is 0.350 e. The molecule has 0 aromatic carbocycles. The molecule has 0 aliphatic rings. The zero-order chi connectivity index (χ0) is 7.98. The molecule has 56 valence electrons. The number of hydrogen-bond acceptors (Lipinski definition) is 3. The molecule has 1 N–H and O–H groups in total. The fourth-order valence-electron chi connectivity index (χ4n) is 0.366. The van der Waals surface area contributed by atoms with Crippen LogP contribution in [-0.2, 0) is 4.79 Å². The van der Waals surface area contributed by atoms with Gasteiger partial charge in [0.05, 0.1) is 6.54 Å². The van der Waals surface area contributed by atoms with Crippen LogP contribution in [0.4, 0.5) is 0 Å². The first-order valence-corrected chi connectivity index (χ1v) is 2.91. The molecule has 0 atom stereocenters. The van der Waals surface area contributed by atoms with Crippen molar-refractivity contribution in [2.45, 2.75) is 6.92 Å². The maximum Gasteiger partial charge on any atom is 0.246 e. The van der Waals surface area contributed by atoms with Crippen molar-refractivity contribution in [1.82, 2.24) is 5.32 Å². The van der Waals surface area contributed by atoms with Gasteiger partial charge in [0.25, 0.3) is 0 Å². The average molecular weight is 142 g/mol. The predicted molar refractivity (Wildman–Crippen MR) is 38.5 cm³/mol. The summed E-state index contributed by atoms with van der Waals surface area (Å²) in [5.74, 6) is -0.233. The zero-order valence-electron chi connectivity index (χ0n) is 5.89. The number of nitroso groups, excluding NO2 is 1. The van der Waals surface area contributed by atoms with E-state index in [1.807, 2.05) is 0 Å². The monoisotopic (exact) mass is 142 g/mol. The Morgan fingerprint density at radius 1 is 1.70 bits per heavy atom. The fraction of sp³-hybridized carbons (Fsp3) is 0.500. The quantitative estimate of drug-likeness (QED) is 0.352. The molecule has 4 heteroatoms. The number of nitrogens with zero attached hydrogens (tertiary/aromatic N) is 1. The highest BCUT2D eigenvalue weighted by Crippen LogP contribution is 1.83. The Morgan fingerprint density at radius 3 is 2.70 bits per heavy atom. The molecule has 0 radical (unpaired) electrons. The Balaban J connectivity index is 3.40. The molecule has 0 unspecified atom stereocenters. The van der Waals surface area contributed by atoms with Crippen LogP contribution in [0.5, 0.6) is 0 Å². The minimum Gasteiger partial charge on any atom is -0.350 e. The van der Waals surface area contributed by atoms with E-state index in [2.05, 4.69) is 17.1 Å². The minimum absolute atomic E-state index is 0.110. The number of hydrogen-bond donors (Lipinski definition) is 1. The van der Waals surface area contributed by atoms with E-state index in [9.17, 15) is 9.70 Å². The van der Waals surface area contributed by atoms with E-state index < -0.39 is 0 Å². The van der Waals surface area contributed by atoms with Crippen molar-refractivity contribution in [2.75, 3.05) is 13.1 Å². The lowest BCUT2D eigenvalue weighted by Crippen LogP contribution is -2.26. The van der Waals surface area contributed by atoms with Gasteiger partial charge in [0, 0.05) is 12.1 Å². The predicted octanol–water partition coefficient (Wildman–Crippen LogP) is 0.445. The van der Waals surface area contributed by atoms with E-state index in [4.69, 9.17) is 0 Å². The number of carbonyl (C=O) groups excluding carboxylic acids is 1. The first kappa shape index (κ1) is 8.81. The number of amides is 1. The van der Waals surface area contributed by atoms with Crippen molar-refractivity contribution in [3.05, 3.63) is 17.1 Å². The molecular weight excluding hydrogens is 132 g/mol. The molecule has 0 rings (SSSR count). The van der Waals surface area contributed by atoms with Gasteiger partial charge in [-0.2, -0.15) is 4.91 Å². The summed E-state index contributed by atoms with van der Waals surface area (Å²) in [5.41, 5.74) is 0.436. The van der Waals surface area contributed by atoms with Gasteiger partial charge in [0.2, 0.25) is 5.91 Å². The summed E-state index contributed by atoms with van der Waals surface area (Å²) in [5, 5.41) is 5.02. The number of rotatable bonds is 4. The van der Waals surface area contributed by atoms with Crippen molar-refractivity contribution < 1.29 is 4.79 Å². The Bertz CT molecular complexity index is 154. The summed E-state index contributed by atoms with van der Waals surface area (Å²) in [4.78, 5) is 20.2. The molecule has 0 saturated heterocycles. The van der Waals surface area contributed by atoms with Crippen molar-refractivity contribution in [3.8, 4) is 0 Å². The molecule has 0 heterocycles. The zero-order valence-corrected chi connectivity index (χ0v) is 5.89. The molecule has 0 aliphatic heterocycles. The lowest BCUT2D eigenvalue weighted by Gasteiger charge is -1.98. The van der Waals surface area contributed by atoms with Crippen LogP contribution in [0.2, 0.25) is 0 Å². The van der Waals surface area contributed by atoms with Crippen LogP contribution in [0.1, 0.15) is 6.92 Å². The number of nitrogens with one attached hydrogen (secondary N) is 1. The van der Waals surface area contributed by atoms with Gasteiger partial charge in [-0.05, 0) is 6.92 Å². The van der Waals surface area contributed by atoms with Gasteiger partial charge in [0.15, 0.2) is 0 Å². The summed E-state index contributed by atoms with van der Waals surface area (Å²) in [6.07, 6.45) is 0. The Labute approximate surface area is 59.3 Å².